The van der Waals surface area contributed by atoms with E-state index in [4.69, 9.17) is 14.2 Å². The van der Waals surface area contributed by atoms with Gasteiger partial charge in [-0.3, -0.25) is 9.59 Å². The highest BCUT2D eigenvalue weighted by Crippen LogP contribution is 2.37. The van der Waals surface area contributed by atoms with E-state index >= 15 is 0 Å². The van der Waals surface area contributed by atoms with Gasteiger partial charge in [-0.1, -0.05) is 0 Å². The van der Waals surface area contributed by atoms with Crippen LogP contribution < -0.4 is 4.74 Å². The summed E-state index contributed by atoms with van der Waals surface area (Å²) in [6, 6.07) is 3.40. The highest BCUT2D eigenvalue weighted by Gasteiger charge is 2.40. The van der Waals surface area contributed by atoms with E-state index in [1.165, 1.54) is 13.8 Å². The molecule has 0 fully saturated rings. The van der Waals surface area contributed by atoms with Crippen LogP contribution in [-0.4, -0.2) is 23.2 Å². The van der Waals surface area contributed by atoms with Crippen LogP contribution in [-0.2, 0) is 19.1 Å². The van der Waals surface area contributed by atoms with Gasteiger partial charge < -0.3 is 14.2 Å². The molecule has 1 aromatic rings. The van der Waals surface area contributed by atoms with Gasteiger partial charge in [0, 0.05) is 20.0 Å². The van der Waals surface area contributed by atoms with E-state index in [0.717, 1.165) is 0 Å². The zero-order valence-electron chi connectivity index (χ0n) is 9.38. The lowest BCUT2D eigenvalue weighted by molar-refractivity contribution is -0.184. The van der Waals surface area contributed by atoms with Crippen molar-refractivity contribution in [1.82, 2.24) is 4.98 Å². The normalized spacial score (nSPS) is 21.3. The second-order valence-electron chi connectivity index (χ2n) is 3.52. The lowest BCUT2D eigenvalue weighted by Crippen LogP contribution is -2.27. The van der Waals surface area contributed by atoms with Crippen LogP contribution in [0, 0.1) is 0 Å². The first kappa shape index (κ1) is 11.4. The lowest BCUT2D eigenvalue weighted by atomic mass is 10.2. The fraction of sp³-hybridized carbons (Fsp3) is 0.364. The second kappa shape index (κ2) is 4.40. The first-order valence-electron chi connectivity index (χ1n) is 5.04. The minimum absolute atomic E-state index is 0.310. The number of carbonyl (C=O) groups is 2. The minimum atomic E-state index is -0.971. The number of aromatic nitrogens is 1. The molecule has 0 aliphatic carbocycles. The van der Waals surface area contributed by atoms with E-state index in [9.17, 15) is 9.59 Å². The molecule has 2 atom stereocenters. The molecule has 1 aliphatic heterocycles. The topological polar surface area (TPSA) is 74.7 Å². The van der Waals surface area contributed by atoms with Crippen LogP contribution in [0.3, 0.4) is 0 Å². The van der Waals surface area contributed by atoms with Crippen LogP contribution in [0.5, 0.6) is 5.88 Å². The highest BCUT2D eigenvalue weighted by molar-refractivity contribution is 5.67. The Bertz CT molecular complexity index is 459. The lowest BCUT2D eigenvalue weighted by Gasteiger charge is -2.17. The van der Waals surface area contributed by atoms with Crippen LogP contribution in [0.2, 0.25) is 0 Å². The number of carbonyl (C=O) groups excluding carboxylic acids is 2. The van der Waals surface area contributed by atoms with Crippen molar-refractivity contribution < 1.29 is 23.8 Å². The van der Waals surface area contributed by atoms with Crippen LogP contribution in [0.25, 0.3) is 0 Å². The van der Waals surface area contributed by atoms with E-state index in [-0.39, 0.29) is 0 Å². The molecule has 17 heavy (non-hydrogen) atoms. The molecule has 0 bridgehead atoms. The molecule has 0 unspecified atom stereocenters. The fourth-order valence-electron chi connectivity index (χ4n) is 1.58. The summed E-state index contributed by atoms with van der Waals surface area (Å²) in [5.41, 5.74) is 0.592. The maximum absolute atomic E-state index is 11.0. The molecule has 6 nitrogen and oxygen atoms in total. The summed E-state index contributed by atoms with van der Waals surface area (Å²) in [6.07, 6.45) is -0.193. The molecule has 2 heterocycles. The average molecular weight is 237 g/mol. The van der Waals surface area contributed by atoms with Crippen molar-refractivity contribution in [3.05, 3.63) is 23.9 Å². The van der Waals surface area contributed by atoms with Crippen molar-refractivity contribution in [2.75, 3.05) is 0 Å². The summed E-state index contributed by atoms with van der Waals surface area (Å²) >= 11 is 0. The Morgan fingerprint density at radius 3 is 2.65 bits per heavy atom. The Morgan fingerprint density at radius 2 is 2.00 bits per heavy atom. The predicted molar refractivity (Wildman–Crippen MR) is 54.9 cm³/mol. The van der Waals surface area contributed by atoms with Crippen molar-refractivity contribution in [2.24, 2.45) is 0 Å². The summed E-state index contributed by atoms with van der Waals surface area (Å²) in [5.74, 6) is -0.683. The number of ether oxygens (including phenoxy) is 3. The van der Waals surface area contributed by atoms with Gasteiger partial charge in [0.25, 0.3) is 6.29 Å². The molecule has 2 rings (SSSR count). The molecule has 0 aromatic carbocycles. The molecule has 0 saturated heterocycles. The number of nitrogens with zero attached hydrogens (tertiary/aromatic N) is 1. The molecule has 0 spiro atoms. The molecule has 90 valence electrons. The summed E-state index contributed by atoms with van der Waals surface area (Å²) in [7, 11) is 0. The van der Waals surface area contributed by atoms with Crippen molar-refractivity contribution in [1.29, 1.82) is 0 Å². The molecular formula is C11H11NO5. The van der Waals surface area contributed by atoms with Gasteiger partial charge in [0.15, 0.2) is 0 Å². The average Bonchev–Trinajstić information content (AvgIpc) is 2.55. The van der Waals surface area contributed by atoms with E-state index in [1.807, 2.05) is 0 Å². The fourth-order valence-corrected chi connectivity index (χ4v) is 1.58. The zero-order chi connectivity index (χ0) is 12.4. The van der Waals surface area contributed by atoms with Gasteiger partial charge in [-0.25, -0.2) is 4.98 Å². The van der Waals surface area contributed by atoms with Crippen LogP contribution >= 0.6 is 0 Å². The van der Waals surface area contributed by atoms with Gasteiger partial charge in [-0.15, -0.1) is 0 Å². The number of hydrogen-bond donors (Lipinski definition) is 0. The quantitative estimate of drug-likeness (QED) is 0.713. The zero-order valence-corrected chi connectivity index (χ0v) is 9.38. The number of hydrogen-bond acceptors (Lipinski definition) is 6. The molecule has 0 N–H and O–H groups in total. The second-order valence-corrected chi connectivity index (χ2v) is 3.52. The molecule has 0 amide bonds. The van der Waals surface area contributed by atoms with Crippen molar-refractivity contribution in [2.45, 2.75) is 26.2 Å². The Kier molecular flexibility index (Phi) is 2.95. The monoisotopic (exact) mass is 237 g/mol. The Balaban J connectivity index is 2.26. The van der Waals surface area contributed by atoms with Gasteiger partial charge in [-0.2, -0.15) is 0 Å². The van der Waals surface area contributed by atoms with Crippen molar-refractivity contribution >= 4 is 11.9 Å². The molecule has 0 saturated carbocycles. The van der Waals surface area contributed by atoms with Gasteiger partial charge in [0.05, 0.1) is 5.56 Å². The predicted octanol–water partition coefficient (Wildman–Crippen LogP) is 0.967. The summed E-state index contributed by atoms with van der Waals surface area (Å²) in [5, 5.41) is 0. The number of rotatable bonds is 2. The number of fused-ring (bicyclic) bond motifs is 1. The van der Waals surface area contributed by atoms with Crippen LogP contribution in [0.15, 0.2) is 18.3 Å². The first-order valence-corrected chi connectivity index (χ1v) is 5.04. The van der Waals surface area contributed by atoms with E-state index in [2.05, 4.69) is 4.98 Å². The van der Waals surface area contributed by atoms with Gasteiger partial charge in [0.2, 0.25) is 12.0 Å². The number of pyridine rings is 1. The van der Waals surface area contributed by atoms with Crippen molar-refractivity contribution in [3.63, 3.8) is 0 Å². The van der Waals surface area contributed by atoms with Gasteiger partial charge >= 0.3 is 11.9 Å². The smallest absolute Gasteiger partial charge is 0.305 e. The number of esters is 2. The summed E-state index contributed by atoms with van der Waals surface area (Å²) < 4.78 is 15.3. The maximum Gasteiger partial charge on any atom is 0.305 e. The molecule has 1 aliphatic rings. The standard InChI is InChI=1S/C11H11NO5/c1-6(13)15-9-8-4-3-5-12-10(8)17-11(9)16-7(2)14/h3-5,9,11H,1-2H3/t9-,11-/m0/s1. The first-order chi connectivity index (χ1) is 8.08. The Hall–Kier alpha value is -2.11. The van der Waals surface area contributed by atoms with E-state index < -0.39 is 24.3 Å². The van der Waals surface area contributed by atoms with Crippen LogP contribution in [0.4, 0.5) is 0 Å². The third kappa shape index (κ3) is 2.35. The minimum Gasteiger partial charge on any atom is -0.449 e. The van der Waals surface area contributed by atoms with E-state index in [0.29, 0.717) is 11.4 Å². The molecule has 0 radical (unpaired) electrons. The summed E-state index contributed by atoms with van der Waals surface area (Å²) in [6.45, 7) is 2.53. The molecule has 6 heteroatoms. The Morgan fingerprint density at radius 1 is 1.29 bits per heavy atom. The molecular weight excluding hydrogens is 226 g/mol. The van der Waals surface area contributed by atoms with Crippen LogP contribution in [0.1, 0.15) is 25.5 Å². The van der Waals surface area contributed by atoms with Gasteiger partial charge in [-0.05, 0) is 12.1 Å². The summed E-state index contributed by atoms with van der Waals surface area (Å²) in [4.78, 5) is 25.9. The van der Waals surface area contributed by atoms with Gasteiger partial charge in [0.1, 0.15) is 0 Å². The maximum atomic E-state index is 11.0. The SMILES string of the molecule is CC(=O)O[C@H]1Oc2ncccc2[C@@H]1OC(C)=O. The van der Waals surface area contributed by atoms with E-state index in [1.54, 1.807) is 18.3 Å². The Labute approximate surface area is 97.5 Å². The van der Waals surface area contributed by atoms with Crippen molar-refractivity contribution in [3.8, 4) is 5.88 Å². The largest absolute Gasteiger partial charge is 0.449 e. The third-order valence-electron chi connectivity index (χ3n) is 2.16. The highest BCUT2D eigenvalue weighted by atomic mass is 16.7. The third-order valence-corrected chi connectivity index (χ3v) is 2.16. The molecule has 1 aromatic heterocycles.